The number of amides is 1. The summed E-state index contributed by atoms with van der Waals surface area (Å²) < 4.78 is 0. The molecule has 0 spiro atoms. The highest BCUT2D eigenvalue weighted by atomic mass is 32.2. The van der Waals surface area contributed by atoms with Crippen molar-refractivity contribution in [2.45, 2.75) is 44.1 Å². The third kappa shape index (κ3) is 5.39. The van der Waals surface area contributed by atoms with E-state index in [0.717, 1.165) is 41.0 Å². The maximum absolute atomic E-state index is 12.1. The first kappa shape index (κ1) is 18.6. The van der Waals surface area contributed by atoms with Gasteiger partial charge in [0.15, 0.2) is 0 Å². The number of carbonyl (C=O) groups is 1. The van der Waals surface area contributed by atoms with Crippen molar-refractivity contribution in [1.29, 1.82) is 0 Å². The lowest BCUT2D eigenvalue weighted by Crippen LogP contribution is -2.27. The van der Waals surface area contributed by atoms with Crippen LogP contribution in [0, 0.1) is 0 Å². The van der Waals surface area contributed by atoms with Gasteiger partial charge in [0, 0.05) is 16.8 Å². The normalized spacial score (nSPS) is 15.1. The Balaban J connectivity index is 1.38. The highest BCUT2D eigenvalue weighted by molar-refractivity contribution is 8.00. The molecule has 1 amide bonds. The lowest BCUT2D eigenvalue weighted by Gasteiger charge is -2.13. The van der Waals surface area contributed by atoms with Crippen molar-refractivity contribution in [3.8, 4) is 0 Å². The molecule has 0 atom stereocenters. The standard InChI is InChI=1S/C18H26N4OS2/c1-2-14-11-15-17(20-13-21-18(15)25-14)24-12-16(23)19-7-3-4-8-22-9-5-6-10-22/h11,13H,2-10,12H2,1H3,(H,19,23). The Hall–Kier alpha value is -1.18. The van der Waals surface area contributed by atoms with E-state index in [4.69, 9.17) is 0 Å². The fourth-order valence-electron chi connectivity index (χ4n) is 3.05. The second kappa shape index (κ2) is 9.50. The van der Waals surface area contributed by atoms with Crippen molar-refractivity contribution in [3.63, 3.8) is 0 Å². The Bertz CT molecular complexity index is 697. The van der Waals surface area contributed by atoms with Gasteiger partial charge in [-0.1, -0.05) is 18.7 Å². The van der Waals surface area contributed by atoms with E-state index in [1.165, 1.54) is 49.1 Å². The van der Waals surface area contributed by atoms with Crippen molar-refractivity contribution < 1.29 is 4.79 Å². The van der Waals surface area contributed by atoms with Crippen LogP contribution in [0.1, 0.15) is 37.5 Å². The topological polar surface area (TPSA) is 58.1 Å². The molecule has 2 aromatic rings. The first-order valence-electron chi connectivity index (χ1n) is 9.11. The van der Waals surface area contributed by atoms with Gasteiger partial charge in [0.2, 0.25) is 5.91 Å². The summed E-state index contributed by atoms with van der Waals surface area (Å²) in [6, 6.07) is 2.15. The highest BCUT2D eigenvalue weighted by Crippen LogP contribution is 2.30. The summed E-state index contributed by atoms with van der Waals surface area (Å²) in [4.78, 5) is 25.6. The number of fused-ring (bicyclic) bond motifs is 1. The molecule has 3 rings (SSSR count). The number of unbranched alkanes of at least 4 members (excludes halogenated alkanes) is 1. The molecule has 1 fully saturated rings. The molecule has 25 heavy (non-hydrogen) atoms. The average molecular weight is 379 g/mol. The molecule has 1 N–H and O–H groups in total. The number of aromatic nitrogens is 2. The van der Waals surface area contributed by atoms with Gasteiger partial charge in [-0.15, -0.1) is 11.3 Å². The van der Waals surface area contributed by atoms with Gasteiger partial charge in [0.05, 0.1) is 5.75 Å². The summed E-state index contributed by atoms with van der Waals surface area (Å²) >= 11 is 3.21. The number of rotatable bonds is 9. The summed E-state index contributed by atoms with van der Waals surface area (Å²) in [5.41, 5.74) is 0. The maximum Gasteiger partial charge on any atom is 0.230 e. The molecule has 5 nitrogen and oxygen atoms in total. The summed E-state index contributed by atoms with van der Waals surface area (Å²) in [5, 5.41) is 5.01. The van der Waals surface area contributed by atoms with Crippen LogP contribution in [0.5, 0.6) is 0 Å². The van der Waals surface area contributed by atoms with Gasteiger partial charge in [0.1, 0.15) is 16.2 Å². The van der Waals surface area contributed by atoms with E-state index in [9.17, 15) is 4.79 Å². The Morgan fingerprint density at radius 1 is 1.32 bits per heavy atom. The van der Waals surface area contributed by atoms with Crippen LogP contribution in [-0.2, 0) is 11.2 Å². The van der Waals surface area contributed by atoms with Gasteiger partial charge in [-0.25, -0.2) is 9.97 Å². The Kier molecular flexibility index (Phi) is 7.07. The van der Waals surface area contributed by atoms with Crippen LogP contribution in [0.25, 0.3) is 10.2 Å². The number of nitrogens with one attached hydrogen (secondary N) is 1. The second-order valence-electron chi connectivity index (χ2n) is 6.36. The Morgan fingerprint density at radius 2 is 2.16 bits per heavy atom. The van der Waals surface area contributed by atoms with Gasteiger partial charge >= 0.3 is 0 Å². The first-order valence-corrected chi connectivity index (χ1v) is 10.9. The van der Waals surface area contributed by atoms with Crippen LogP contribution in [0.3, 0.4) is 0 Å². The molecule has 0 aromatic carbocycles. The van der Waals surface area contributed by atoms with E-state index in [2.05, 4.69) is 33.2 Å². The number of hydrogen-bond acceptors (Lipinski definition) is 6. The predicted octanol–water partition coefficient (Wildman–Crippen LogP) is 3.34. The van der Waals surface area contributed by atoms with Gasteiger partial charge in [0.25, 0.3) is 0 Å². The molecule has 3 heterocycles. The van der Waals surface area contributed by atoms with Crippen LogP contribution < -0.4 is 5.32 Å². The fourth-order valence-corrected chi connectivity index (χ4v) is 4.85. The third-order valence-electron chi connectivity index (χ3n) is 4.45. The molecule has 0 saturated carbocycles. The summed E-state index contributed by atoms with van der Waals surface area (Å²) in [5.74, 6) is 0.499. The molecule has 2 aromatic heterocycles. The van der Waals surface area contributed by atoms with Crippen LogP contribution >= 0.6 is 23.1 Å². The summed E-state index contributed by atoms with van der Waals surface area (Å²) in [6.45, 7) is 6.58. The smallest absolute Gasteiger partial charge is 0.230 e. The lowest BCUT2D eigenvalue weighted by molar-refractivity contribution is -0.118. The van der Waals surface area contributed by atoms with E-state index in [1.807, 2.05) is 0 Å². The van der Waals surface area contributed by atoms with Crippen LogP contribution in [0.4, 0.5) is 0 Å². The molecule has 7 heteroatoms. The lowest BCUT2D eigenvalue weighted by atomic mass is 10.3. The van der Waals surface area contributed by atoms with Crippen LogP contribution in [0.2, 0.25) is 0 Å². The molecule has 0 aliphatic carbocycles. The molecular weight excluding hydrogens is 352 g/mol. The minimum absolute atomic E-state index is 0.0869. The molecule has 1 aliphatic heterocycles. The molecule has 0 radical (unpaired) electrons. The SMILES string of the molecule is CCc1cc2c(SCC(=O)NCCCCN3CCCC3)ncnc2s1. The molecule has 0 unspecified atom stereocenters. The minimum Gasteiger partial charge on any atom is -0.355 e. The molecular formula is C18H26N4OS2. The van der Waals surface area contributed by atoms with Crippen molar-refractivity contribution in [2.24, 2.45) is 0 Å². The van der Waals surface area contributed by atoms with Gasteiger partial charge in [-0.2, -0.15) is 0 Å². The number of aryl methyl sites for hydroxylation is 1. The quantitative estimate of drug-likeness (QED) is 0.412. The molecule has 1 aliphatic rings. The average Bonchev–Trinajstić information content (AvgIpc) is 3.28. The first-order chi connectivity index (χ1) is 12.3. The minimum atomic E-state index is 0.0869. The third-order valence-corrected chi connectivity index (χ3v) is 6.65. The van der Waals surface area contributed by atoms with E-state index in [1.54, 1.807) is 17.7 Å². The monoisotopic (exact) mass is 378 g/mol. The number of nitrogens with zero attached hydrogens (tertiary/aromatic N) is 3. The van der Waals surface area contributed by atoms with Gasteiger partial charge in [-0.05, 0) is 57.8 Å². The fraction of sp³-hybridized carbons (Fsp3) is 0.611. The molecule has 0 bridgehead atoms. The Labute approximate surface area is 157 Å². The maximum atomic E-state index is 12.1. The highest BCUT2D eigenvalue weighted by Gasteiger charge is 2.12. The van der Waals surface area contributed by atoms with Crippen molar-refractivity contribution in [1.82, 2.24) is 20.2 Å². The zero-order valence-electron chi connectivity index (χ0n) is 14.8. The zero-order chi connectivity index (χ0) is 17.5. The zero-order valence-corrected chi connectivity index (χ0v) is 16.4. The van der Waals surface area contributed by atoms with E-state index >= 15 is 0 Å². The van der Waals surface area contributed by atoms with Gasteiger partial charge in [-0.3, -0.25) is 4.79 Å². The van der Waals surface area contributed by atoms with E-state index < -0.39 is 0 Å². The number of thiophene rings is 1. The van der Waals surface area contributed by atoms with Crippen LogP contribution in [-0.4, -0.2) is 52.7 Å². The largest absolute Gasteiger partial charge is 0.355 e. The van der Waals surface area contributed by atoms with Gasteiger partial charge < -0.3 is 10.2 Å². The van der Waals surface area contributed by atoms with E-state index in [-0.39, 0.29) is 5.91 Å². The number of carbonyl (C=O) groups excluding carboxylic acids is 1. The molecule has 1 saturated heterocycles. The van der Waals surface area contributed by atoms with Crippen molar-refractivity contribution in [2.75, 3.05) is 31.9 Å². The summed E-state index contributed by atoms with van der Waals surface area (Å²) in [7, 11) is 0. The second-order valence-corrected chi connectivity index (χ2v) is 8.44. The van der Waals surface area contributed by atoms with Crippen LogP contribution in [0.15, 0.2) is 17.4 Å². The number of thioether (sulfide) groups is 1. The number of hydrogen-bond donors (Lipinski definition) is 1. The number of likely N-dealkylation sites (tertiary alicyclic amines) is 1. The summed E-state index contributed by atoms with van der Waals surface area (Å²) in [6.07, 6.45) is 7.49. The Morgan fingerprint density at radius 3 is 2.96 bits per heavy atom. The van der Waals surface area contributed by atoms with Crippen molar-refractivity contribution in [3.05, 3.63) is 17.3 Å². The molecule has 136 valence electrons. The van der Waals surface area contributed by atoms with E-state index in [0.29, 0.717) is 5.75 Å². The van der Waals surface area contributed by atoms with Crippen molar-refractivity contribution >= 4 is 39.2 Å². The predicted molar refractivity (Wildman–Crippen MR) is 105 cm³/mol.